The lowest BCUT2D eigenvalue weighted by atomic mass is 10.1. The van der Waals surface area contributed by atoms with E-state index in [1.807, 2.05) is 11.7 Å². The Balaban J connectivity index is 2.24. The summed E-state index contributed by atoms with van der Waals surface area (Å²) in [7, 11) is 1.72. The number of aromatic nitrogens is 1. The van der Waals surface area contributed by atoms with Crippen LogP contribution in [0.2, 0.25) is 0 Å². The molecule has 1 atom stereocenters. The van der Waals surface area contributed by atoms with Crippen LogP contribution in [0.5, 0.6) is 0 Å². The summed E-state index contributed by atoms with van der Waals surface area (Å²) in [6.45, 7) is 0.793. The summed E-state index contributed by atoms with van der Waals surface area (Å²) < 4.78 is 4.99. The normalized spacial score (nSPS) is 13.0. The van der Waals surface area contributed by atoms with Gasteiger partial charge >= 0.3 is 0 Å². The third-order valence-corrected chi connectivity index (χ3v) is 2.87. The second kappa shape index (κ2) is 6.89. The third-order valence-electron chi connectivity index (χ3n) is 2.07. The van der Waals surface area contributed by atoms with E-state index in [9.17, 15) is 0 Å². The molecule has 0 radical (unpaired) electrons. The number of methoxy groups -OCH3 is 1. The fourth-order valence-corrected chi connectivity index (χ4v) is 1.98. The van der Waals surface area contributed by atoms with Gasteiger partial charge in [0.15, 0.2) is 0 Å². The van der Waals surface area contributed by atoms with Crippen molar-refractivity contribution >= 4 is 11.3 Å². The molecule has 3 N–H and O–H groups in total. The third kappa shape index (κ3) is 4.15. The van der Waals surface area contributed by atoms with Crippen LogP contribution in [0.25, 0.3) is 0 Å². The molecule has 1 rings (SSSR count). The van der Waals surface area contributed by atoms with E-state index >= 15 is 0 Å². The largest absolute Gasteiger partial charge is 0.385 e. The first-order valence-electron chi connectivity index (χ1n) is 4.69. The molecule has 80 valence electrons. The van der Waals surface area contributed by atoms with Gasteiger partial charge in [-0.15, -0.1) is 11.3 Å². The molecule has 0 bridgehead atoms. The molecule has 0 aromatic carbocycles. The van der Waals surface area contributed by atoms with Gasteiger partial charge in [-0.3, -0.25) is 16.3 Å². The lowest BCUT2D eigenvalue weighted by Crippen LogP contribution is -2.36. The van der Waals surface area contributed by atoms with Gasteiger partial charge in [-0.2, -0.15) is 0 Å². The smallest absolute Gasteiger partial charge is 0.0794 e. The number of rotatable bonds is 7. The Morgan fingerprint density at radius 3 is 3.14 bits per heavy atom. The molecule has 0 amide bonds. The van der Waals surface area contributed by atoms with E-state index in [1.54, 1.807) is 18.4 Å². The first-order chi connectivity index (χ1) is 6.86. The van der Waals surface area contributed by atoms with Crippen LogP contribution in [0.1, 0.15) is 17.7 Å². The number of hydrazine groups is 1. The predicted octanol–water partition coefficient (Wildman–Crippen LogP) is 0.944. The van der Waals surface area contributed by atoms with Crippen molar-refractivity contribution in [2.24, 2.45) is 5.84 Å². The summed E-state index contributed by atoms with van der Waals surface area (Å²) in [6.07, 6.45) is 4.91. The van der Waals surface area contributed by atoms with Crippen molar-refractivity contribution in [3.8, 4) is 0 Å². The van der Waals surface area contributed by atoms with Crippen molar-refractivity contribution in [1.82, 2.24) is 10.4 Å². The first-order valence-corrected chi connectivity index (χ1v) is 5.57. The van der Waals surface area contributed by atoms with Crippen LogP contribution in [-0.4, -0.2) is 24.7 Å². The maximum atomic E-state index is 5.46. The Labute approximate surface area is 88.5 Å². The lowest BCUT2D eigenvalue weighted by Gasteiger charge is -2.13. The van der Waals surface area contributed by atoms with Gasteiger partial charge < -0.3 is 4.74 Å². The average molecular weight is 215 g/mol. The molecule has 0 saturated carbocycles. The van der Waals surface area contributed by atoms with Gasteiger partial charge in [0.25, 0.3) is 0 Å². The van der Waals surface area contributed by atoms with Gasteiger partial charge in [0.05, 0.1) is 5.51 Å². The highest BCUT2D eigenvalue weighted by Crippen LogP contribution is 2.11. The Morgan fingerprint density at radius 1 is 1.71 bits per heavy atom. The minimum absolute atomic E-state index is 0.325. The highest BCUT2D eigenvalue weighted by molar-refractivity contribution is 7.09. The number of nitrogens with one attached hydrogen (secondary N) is 1. The molecule has 1 aromatic rings. The summed E-state index contributed by atoms with van der Waals surface area (Å²) in [5.41, 5.74) is 4.67. The zero-order valence-electron chi connectivity index (χ0n) is 8.40. The quantitative estimate of drug-likeness (QED) is 0.404. The van der Waals surface area contributed by atoms with Crippen molar-refractivity contribution in [2.75, 3.05) is 13.7 Å². The Bertz CT molecular complexity index is 228. The Kier molecular flexibility index (Phi) is 5.70. The number of ether oxygens (including phenoxy) is 1. The van der Waals surface area contributed by atoms with Crippen LogP contribution in [0.15, 0.2) is 11.7 Å². The standard InChI is InChI=1S/C9H17N3OS/c1-13-4-2-3-8(12-10)5-9-6-11-7-14-9/h6-8,12H,2-5,10H2,1H3. The molecular formula is C9H17N3OS. The zero-order chi connectivity index (χ0) is 10.2. The van der Waals surface area contributed by atoms with E-state index in [4.69, 9.17) is 10.6 Å². The number of nitrogens with zero attached hydrogens (tertiary/aromatic N) is 1. The van der Waals surface area contributed by atoms with E-state index in [0.29, 0.717) is 6.04 Å². The van der Waals surface area contributed by atoms with E-state index in [0.717, 1.165) is 25.9 Å². The van der Waals surface area contributed by atoms with E-state index in [-0.39, 0.29) is 0 Å². The van der Waals surface area contributed by atoms with Crippen LogP contribution in [0.4, 0.5) is 0 Å². The molecule has 0 saturated heterocycles. The molecule has 1 aromatic heterocycles. The van der Waals surface area contributed by atoms with Gasteiger partial charge in [0.2, 0.25) is 0 Å². The van der Waals surface area contributed by atoms with Gasteiger partial charge in [-0.25, -0.2) is 0 Å². The van der Waals surface area contributed by atoms with Crippen molar-refractivity contribution < 1.29 is 4.74 Å². The van der Waals surface area contributed by atoms with Gasteiger partial charge in [0.1, 0.15) is 0 Å². The van der Waals surface area contributed by atoms with Crippen LogP contribution >= 0.6 is 11.3 Å². The fraction of sp³-hybridized carbons (Fsp3) is 0.667. The molecule has 4 nitrogen and oxygen atoms in total. The molecule has 0 aliphatic rings. The fourth-order valence-electron chi connectivity index (χ4n) is 1.30. The molecule has 0 spiro atoms. The number of hydrogen-bond donors (Lipinski definition) is 2. The first kappa shape index (κ1) is 11.6. The van der Waals surface area contributed by atoms with Crippen LogP contribution < -0.4 is 11.3 Å². The molecule has 5 heteroatoms. The summed E-state index contributed by atoms with van der Waals surface area (Å²) in [5, 5.41) is 0. The maximum Gasteiger partial charge on any atom is 0.0794 e. The predicted molar refractivity (Wildman–Crippen MR) is 58.0 cm³/mol. The van der Waals surface area contributed by atoms with E-state index < -0.39 is 0 Å². The molecule has 1 heterocycles. The van der Waals surface area contributed by atoms with E-state index in [2.05, 4.69) is 10.4 Å². The van der Waals surface area contributed by atoms with Crippen LogP contribution in [0, 0.1) is 0 Å². The maximum absolute atomic E-state index is 5.46. The van der Waals surface area contributed by atoms with Crippen molar-refractivity contribution in [3.63, 3.8) is 0 Å². The molecule has 14 heavy (non-hydrogen) atoms. The second-order valence-electron chi connectivity index (χ2n) is 3.17. The summed E-state index contributed by atoms with van der Waals surface area (Å²) in [4.78, 5) is 5.30. The number of hydrogen-bond acceptors (Lipinski definition) is 5. The zero-order valence-corrected chi connectivity index (χ0v) is 9.22. The van der Waals surface area contributed by atoms with Crippen molar-refractivity contribution in [2.45, 2.75) is 25.3 Å². The van der Waals surface area contributed by atoms with Gasteiger partial charge in [-0.1, -0.05) is 0 Å². The highest BCUT2D eigenvalue weighted by atomic mass is 32.1. The van der Waals surface area contributed by atoms with Crippen LogP contribution in [-0.2, 0) is 11.2 Å². The SMILES string of the molecule is COCCCC(Cc1cncs1)NN. The molecule has 0 fully saturated rings. The minimum Gasteiger partial charge on any atom is -0.385 e. The second-order valence-corrected chi connectivity index (χ2v) is 4.14. The summed E-state index contributed by atoms with van der Waals surface area (Å²) in [6, 6.07) is 0.325. The topological polar surface area (TPSA) is 60.2 Å². The summed E-state index contributed by atoms with van der Waals surface area (Å²) >= 11 is 1.67. The van der Waals surface area contributed by atoms with Gasteiger partial charge in [-0.05, 0) is 12.8 Å². The van der Waals surface area contributed by atoms with Gasteiger partial charge in [0, 0.05) is 37.3 Å². The monoisotopic (exact) mass is 215 g/mol. The Hall–Kier alpha value is -0.490. The van der Waals surface area contributed by atoms with Crippen LogP contribution in [0.3, 0.4) is 0 Å². The average Bonchev–Trinajstić information content (AvgIpc) is 2.69. The number of thiazole rings is 1. The number of nitrogens with two attached hydrogens (primary N) is 1. The summed E-state index contributed by atoms with van der Waals surface area (Å²) in [5.74, 6) is 5.46. The van der Waals surface area contributed by atoms with Crippen molar-refractivity contribution in [1.29, 1.82) is 0 Å². The molecule has 0 aliphatic heterocycles. The highest BCUT2D eigenvalue weighted by Gasteiger charge is 2.08. The van der Waals surface area contributed by atoms with E-state index in [1.165, 1.54) is 4.88 Å². The van der Waals surface area contributed by atoms with Crippen molar-refractivity contribution in [3.05, 3.63) is 16.6 Å². The Morgan fingerprint density at radius 2 is 2.57 bits per heavy atom. The molecule has 1 unspecified atom stereocenters. The lowest BCUT2D eigenvalue weighted by molar-refractivity contribution is 0.188. The minimum atomic E-state index is 0.325. The molecule has 0 aliphatic carbocycles. The molecular weight excluding hydrogens is 198 g/mol.